The molecule has 0 aliphatic heterocycles. The van der Waals surface area contributed by atoms with Crippen molar-refractivity contribution in [1.82, 2.24) is 25.2 Å². The smallest absolute Gasteiger partial charge is 0.250 e. The van der Waals surface area contributed by atoms with Gasteiger partial charge in [0, 0.05) is 28.4 Å². The summed E-state index contributed by atoms with van der Waals surface area (Å²) in [6.45, 7) is 1.88. The highest BCUT2D eigenvalue weighted by atomic mass is 32.2. The summed E-state index contributed by atoms with van der Waals surface area (Å²) in [6.07, 6.45) is 3.50. The van der Waals surface area contributed by atoms with Gasteiger partial charge in [-0.2, -0.15) is 5.10 Å². The Morgan fingerprint density at radius 3 is 2.82 bits per heavy atom. The summed E-state index contributed by atoms with van der Waals surface area (Å²) >= 11 is 1.32. The summed E-state index contributed by atoms with van der Waals surface area (Å²) in [7, 11) is 0. The monoisotopic (exact) mass is 390 g/mol. The summed E-state index contributed by atoms with van der Waals surface area (Å²) in [4.78, 5) is 15.3. The van der Waals surface area contributed by atoms with Crippen LogP contribution in [-0.2, 0) is 4.79 Å². The highest BCUT2D eigenvalue weighted by molar-refractivity contribution is 7.99. The molecular weight excluding hydrogens is 372 g/mol. The number of carbonyl (C=O) groups excluding carboxylic acids is 1. The van der Waals surface area contributed by atoms with Crippen LogP contribution < -0.4 is 5.43 Å². The van der Waals surface area contributed by atoms with Gasteiger partial charge in [-0.05, 0) is 25.1 Å². The Balaban J connectivity index is 1.38. The van der Waals surface area contributed by atoms with E-state index in [0.717, 1.165) is 28.0 Å². The quantitative estimate of drug-likeness (QED) is 0.300. The second-order valence-corrected chi connectivity index (χ2v) is 7.01. The number of hydrazone groups is 1. The van der Waals surface area contributed by atoms with Crippen LogP contribution in [0.25, 0.3) is 16.6 Å². The number of hydrogen-bond acceptors (Lipinski definition) is 5. The Labute approximate surface area is 165 Å². The molecule has 0 aliphatic carbocycles. The largest absolute Gasteiger partial charge is 0.361 e. The van der Waals surface area contributed by atoms with Gasteiger partial charge in [0.25, 0.3) is 5.91 Å². The van der Waals surface area contributed by atoms with Gasteiger partial charge >= 0.3 is 0 Å². The lowest BCUT2D eigenvalue weighted by molar-refractivity contribution is -0.118. The maximum absolute atomic E-state index is 12.2. The van der Waals surface area contributed by atoms with Gasteiger partial charge in [-0.3, -0.25) is 9.36 Å². The van der Waals surface area contributed by atoms with Crippen molar-refractivity contribution >= 4 is 34.8 Å². The normalized spacial score (nSPS) is 11.3. The van der Waals surface area contributed by atoms with Crippen LogP contribution in [0.5, 0.6) is 0 Å². The minimum Gasteiger partial charge on any atom is -0.361 e. The first kappa shape index (κ1) is 18.0. The van der Waals surface area contributed by atoms with E-state index in [0.29, 0.717) is 5.16 Å². The first-order valence-electron chi connectivity index (χ1n) is 8.70. The van der Waals surface area contributed by atoms with Gasteiger partial charge in [0.05, 0.1) is 12.0 Å². The van der Waals surface area contributed by atoms with Crippen molar-refractivity contribution in [2.75, 3.05) is 5.75 Å². The Morgan fingerprint density at radius 2 is 1.96 bits per heavy atom. The number of benzene rings is 2. The lowest BCUT2D eigenvalue weighted by Gasteiger charge is -2.07. The van der Waals surface area contributed by atoms with E-state index in [1.807, 2.05) is 72.3 Å². The summed E-state index contributed by atoms with van der Waals surface area (Å²) in [6, 6.07) is 17.7. The van der Waals surface area contributed by atoms with E-state index in [1.54, 1.807) is 6.21 Å². The Kier molecular flexibility index (Phi) is 5.20. The Hall–Kier alpha value is -3.39. The van der Waals surface area contributed by atoms with Crippen LogP contribution in [-0.4, -0.2) is 37.6 Å². The third-order valence-corrected chi connectivity index (χ3v) is 5.08. The van der Waals surface area contributed by atoms with Crippen molar-refractivity contribution in [1.29, 1.82) is 0 Å². The van der Waals surface area contributed by atoms with E-state index in [2.05, 4.69) is 25.7 Å². The number of fused-ring (bicyclic) bond motifs is 1. The summed E-state index contributed by atoms with van der Waals surface area (Å²) in [5, 5.41) is 14.1. The van der Waals surface area contributed by atoms with Gasteiger partial charge < -0.3 is 4.98 Å². The number of H-pyrrole nitrogens is 1. The zero-order chi connectivity index (χ0) is 19.3. The Bertz CT molecular complexity index is 1130. The number of nitrogens with zero attached hydrogens (tertiary/aromatic N) is 4. The maximum atomic E-state index is 12.2. The van der Waals surface area contributed by atoms with Crippen molar-refractivity contribution in [3.63, 3.8) is 0 Å². The molecule has 0 spiro atoms. The van der Waals surface area contributed by atoms with E-state index < -0.39 is 0 Å². The van der Waals surface area contributed by atoms with E-state index in [9.17, 15) is 4.79 Å². The second kappa shape index (κ2) is 8.10. The first-order valence-corrected chi connectivity index (χ1v) is 9.69. The molecule has 4 aromatic rings. The Morgan fingerprint density at radius 1 is 1.18 bits per heavy atom. The molecule has 8 heteroatoms. The lowest BCUT2D eigenvalue weighted by atomic mass is 10.2. The van der Waals surface area contributed by atoms with Crippen molar-refractivity contribution in [2.24, 2.45) is 5.10 Å². The van der Waals surface area contributed by atoms with Gasteiger partial charge in [0.2, 0.25) is 0 Å². The molecule has 0 saturated carbocycles. The molecule has 28 heavy (non-hydrogen) atoms. The molecule has 0 radical (unpaired) electrons. The molecule has 4 rings (SSSR count). The van der Waals surface area contributed by atoms with Crippen molar-refractivity contribution in [3.8, 4) is 5.69 Å². The van der Waals surface area contributed by atoms with Gasteiger partial charge in [-0.25, -0.2) is 5.43 Å². The predicted octanol–water partition coefficient (Wildman–Crippen LogP) is 3.30. The standard InChI is InChI=1S/C20H18N6OS/c1-14-23-25-20(26(14)16-7-3-2-4-8-16)28-13-19(27)24-22-12-15-11-21-18-10-6-5-9-17(15)18/h2-12,21H,13H2,1H3,(H,24,27)/b22-12+. The molecule has 140 valence electrons. The number of aryl methyl sites for hydroxylation is 1. The lowest BCUT2D eigenvalue weighted by Crippen LogP contribution is -2.20. The maximum Gasteiger partial charge on any atom is 0.250 e. The van der Waals surface area contributed by atoms with Gasteiger partial charge in [0.1, 0.15) is 5.82 Å². The highest BCUT2D eigenvalue weighted by Crippen LogP contribution is 2.21. The number of hydrogen-bond donors (Lipinski definition) is 2. The van der Waals surface area contributed by atoms with E-state index in [-0.39, 0.29) is 11.7 Å². The fraction of sp³-hybridized carbons (Fsp3) is 0.100. The molecule has 2 heterocycles. The SMILES string of the molecule is Cc1nnc(SCC(=O)N/N=C/c2c[nH]c3ccccc23)n1-c1ccccc1. The minimum atomic E-state index is -0.207. The van der Waals surface area contributed by atoms with Crippen LogP contribution in [0.3, 0.4) is 0 Å². The molecule has 0 fully saturated rings. The molecule has 0 atom stereocenters. The van der Waals surface area contributed by atoms with Gasteiger partial charge in [-0.15, -0.1) is 10.2 Å². The van der Waals surface area contributed by atoms with Crippen LogP contribution in [0.15, 0.2) is 71.1 Å². The fourth-order valence-electron chi connectivity index (χ4n) is 2.85. The molecule has 0 aliphatic rings. The van der Waals surface area contributed by atoms with Crippen molar-refractivity contribution in [3.05, 3.63) is 72.2 Å². The molecule has 0 saturated heterocycles. The third kappa shape index (κ3) is 3.81. The molecule has 2 aromatic carbocycles. The van der Waals surface area contributed by atoms with Gasteiger partial charge in [-0.1, -0.05) is 48.2 Å². The molecule has 1 amide bonds. The van der Waals surface area contributed by atoms with E-state index >= 15 is 0 Å². The zero-order valence-electron chi connectivity index (χ0n) is 15.2. The summed E-state index contributed by atoms with van der Waals surface area (Å²) < 4.78 is 1.92. The molecule has 2 aromatic heterocycles. The molecule has 0 bridgehead atoms. The summed E-state index contributed by atoms with van der Waals surface area (Å²) in [5.74, 6) is 0.753. The van der Waals surface area contributed by atoms with Crippen LogP contribution in [0.2, 0.25) is 0 Å². The summed E-state index contributed by atoms with van der Waals surface area (Å²) in [5.41, 5.74) is 5.47. The number of thioether (sulfide) groups is 1. The number of amides is 1. The average molecular weight is 390 g/mol. The van der Waals surface area contributed by atoms with Crippen LogP contribution in [0.4, 0.5) is 0 Å². The highest BCUT2D eigenvalue weighted by Gasteiger charge is 2.13. The van der Waals surface area contributed by atoms with Crippen LogP contribution in [0, 0.1) is 6.92 Å². The molecular formula is C20H18N6OS. The fourth-order valence-corrected chi connectivity index (χ4v) is 3.64. The topological polar surface area (TPSA) is 88.0 Å². The number of nitrogens with one attached hydrogen (secondary N) is 2. The van der Waals surface area contributed by atoms with E-state index in [4.69, 9.17) is 0 Å². The molecule has 0 unspecified atom stereocenters. The van der Waals surface area contributed by atoms with Crippen LogP contribution in [0.1, 0.15) is 11.4 Å². The second-order valence-electron chi connectivity index (χ2n) is 6.07. The van der Waals surface area contributed by atoms with Crippen LogP contribution >= 0.6 is 11.8 Å². The average Bonchev–Trinajstić information content (AvgIpc) is 3.30. The number of aromatic amines is 1. The van der Waals surface area contributed by atoms with E-state index in [1.165, 1.54) is 11.8 Å². The van der Waals surface area contributed by atoms with Crippen molar-refractivity contribution < 1.29 is 4.79 Å². The number of para-hydroxylation sites is 2. The predicted molar refractivity (Wildman–Crippen MR) is 111 cm³/mol. The third-order valence-electron chi connectivity index (χ3n) is 4.16. The first-order chi connectivity index (χ1) is 13.7. The molecule has 7 nitrogen and oxygen atoms in total. The molecule has 2 N–H and O–H groups in total. The van der Waals surface area contributed by atoms with Gasteiger partial charge in [0.15, 0.2) is 5.16 Å². The number of rotatable bonds is 6. The zero-order valence-corrected chi connectivity index (χ0v) is 16.0. The number of aromatic nitrogens is 4. The van der Waals surface area contributed by atoms with Crippen molar-refractivity contribution in [2.45, 2.75) is 12.1 Å². The minimum absolute atomic E-state index is 0.191. The number of carbonyl (C=O) groups is 1.